The van der Waals surface area contributed by atoms with Crippen molar-refractivity contribution in [1.82, 2.24) is 10.3 Å². The normalized spacial score (nSPS) is 11.4. The number of aromatic nitrogens is 1. The molecule has 4 aromatic rings. The number of H-pyrrole nitrogens is 1. The summed E-state index contributed by atoms with van der Waals surface area (Å²) in [5.74, 6) is 0.0851. The Morgan fingerprint density at radius 3 is 2.65 bits per heavy atom. The van der Waals surface area contributed by atoms with Crippen LogP contribution in [0.15, 0.2) is 77.9 Å². The zero-order valence-electron chi connectivity index (χ0n) is 16.7. The van der Waals surface area contributed by atoms with E-state index in [1.807, 2.05) is 60.9 Å². The molecule has 0 fully saturated rings. The van der Waals surface area contributed by atoms with Crippen LogP contribution >= 0.6 is 23.2 Å². The molecule has 4 nitrogen and oxygen atoms in total. The van der Waals surface area contributed by atoms with Gasteiger partial charge >= 0.3 is 0 Å². The Kier molecular flexibility index (Phi) is 6.82. The monoisotopic (exact) mass is 449 g/mol. The van der Waals surface area contributed by atoms with E-state index < -0.39 is 0 Å². The molecular weight excluding hydrogens is 429 g/mol. The first-order valence-electron chi connectivity index (χ1n) is 9.98. The van der Waals surface area contributed by atoms with E-state index in [0.29, 0.717) is 35.1 Å². The number of carbonyl (C=O) groups excluding carboxylic acids is 1. The van der Waals surface area contributed by atoms with Crippen molar-refractivity contribution in [2.45, 2.75) is 13.0 Å². The summed E-state index contributed by atoms with van der Waals surface area (Å²) in [4.78, 5) is 20.2. The molecule has 0 aliphatic carbocycles. The first-order valence-corrected chi connectivity index (χ1v) is 10.7. The van der Waals surface area contributed by atoms with Crippen molar-refractivity contribution in [3.8, 4) is 0 Å². The van der Waals surface area contributed by atoms with Crippen LogP contribution in [0.4, 0.5) is 5.69 Å². The highest BCUT2D eigenvalue weighted by atomic mass is 35.5. The lowest BCUT2D eigenvalue weighted by Gasteiger charge is -2.07. The number of hydrogen-bond donors (Lipinski definition) is 2. The zero-order valence-corrected chi connectivity index (χ0v) is 18.3. The zero-order chi connectivity index (χ0) is 21.6. The van der Waals surface area contributed by atoms with Crippen LogP contribution in [-0.4, -0.2) is 23.5 Å². The van der Waals surface area contributed by atoms with Gasteiger partial charge < -0.3 is 10.3 Å². The number of rotatable bonds is 8. The summed E-state index contributed by atoms with van der Waals surface area (Å²) in [7, 11) is 0. The summed E-state index contributed by atoms with van der Waals surface area (Å²) in [6.45, 7) is 1.16. The number of hydrogen-bond acceptors (Lipinski definition) is 3. The maximum absolute atomic E-state index is 12.4. The highest BCUT2D eigenvalue weighted by molar-refractivity contribution is 6.35. The van der Waals surface area contributed by atoms with Crippen molar-refractivity contribution in [2.24, 2.45) is 4.99 Å². The van der Waals surface area contributed by atoms with Crippen molar-refractivity contribution in [2.75, 3.05) is 6.54 Å². The Labute approximate surface area is 190 Å². The van der Waals surface area contributed by atoms with E-state index in [0.717, 1.165) is 27.7 Å². The van der Waals surface area contributed by atoms with Gasteiger partial charge in [0.05, 0.1) is 5.69 Å². The van der Waals surface area contributed by atoms with E-state index in [1.54, 1.807) is 12.1 Å². The fourth-order valence-corrected chi connectivity index (χ4v) is 3.79. The molecule has 0 amide bonds. The Morgan fingerprint density at radius 2 is 1.84 bits per heavy atom. The third-order valence-electron chi connectivity index (χ3n) is 5.02. The first kappa shape index (κ1) is 21.3. The fourth-order valence-electron chi connectivity index (χ4n) is 3.31. The molecule has 1 heterocycles. The molecule has 6 heteroatoms. The molecule has 3 aromatic carbocycles. The number of nitrogens with one attached hydrogen (secondary N) is 2. The lowest BCUT2D eigenvalue weighted by Crippen LogP contribution is -2.18. The largest absolute Gasteiger partial charge is 0.361 e. The van der Waals surface area contributed by atoms with E-state index in [2.05, 4.69) is 21.4 Å². The van der Waals surface area contributed by atoms with Crippen molar-refractivity contribution in [3.63, 3.8) is 0 Å². The molecule has 0 saturated heterocycles. The number of benzene rings is 3. The van der Waals surface area contributed by atoms with Gasteiger partial charge in [-0.15, -0.1) is 0 Å². The van der Waals surface area contributed by atoms with Crippen molar-refractivity contribution in [3.05, 3.63) is 99.7 Å². The summed E-state index contributed by atoms with van der Waals surface area (Å²) < 4.78 is 0. The SMILES string of the molecule is O=C(CCNCc1ccc(Cl)cc1Cl)c1ccc(N=Cc2c[nH]c3ccccc23)cc1. The van der Waals surface area contributed by atoms with Gasteiger partial charge in [-0.25, -0.2) is 0 Å². The molecule has 4 rings (SSSR count). The van der Waals surface area contributed by atoms with Crippen molar-refractivity contribution in [1.29, 1.82) is 0 Å². The Hall–Kier alpha value is -2.92. The Balaban J connectivity index is 1.29. The molecule has 1 aromatic heterocycles. The van der Waals surface area contributed by atoms with E-state index in [9.17, 15) is 4.79 Å². The number of ketones is 1. The maximum Gasteiger partial charge on any atom is 0.164 e. The number of fused-ring (bicyclic) bond motifs is 1. The van der Waals surface area contributed by atoms with Gasteiger partial charge in [0.1, 0.15) is 0 Å². The summed E-state index contributed by atoms with van der Waals surface area (Å²) in [5, 5.41) is 5.61. The van der Waals surface area contributed by atoms with E-state index in [4.69, 9.17) is 23.2 Å². The van der Waals surface area contributed by atoms with Gasteiger partial charge in [0.2, 0.25) is 0 Å². The molecular formula is C25H21Cl2N3O. The topological polar surface area (TPSA) is 57.2 Å². The summed E-state index contributed by atoms with van der Waals surface area (Å²) >= 11 is 12.1. The van der Waals surface area contributed by atoms with Gasteiger partial charge in [0.25, 0.3) is 0 Å². The fraction of sp³-hybridized carbons (Fsp3) is 0.120. The van der Waals surface area contributed by atoms with Crippen LogP contribution in [0.5, 0.6) is 0 Å². The van der Waals surface area contributed by atoms with Gasteiger partial charge in [-0.3, -0.25) is 9.79 Å². The van der Waals surface area contributed by atoms with E-state index >= 15 is 0 Å². The summed E-state index contributed by atoms with van der Waals surface area (Å²) in [6, 6.07) is 20.9. The van der Waals surface area contributed by atoms with Crippen LogP contribution in [0.25, 0.3) is 10.9 Å². The number of aliphatic imine (C=N–C) groups is 1. The highest BCUT2D eigenvalue weighted by Crippen LogP contribution is 2.21. The number of nitrogens with zero attached hydrogens (tertiary/aromatic N) is 1. The molecule has 0 aliphatic rings. The molecule has 0 spiro atoms. The van der Waals surface area contributed by atoms with Gasteiger partial charge in [-0.1, -0.05) is 47.5 Å². The number of halogens is 2. The second-order valence-corrected chi connectivity index (χ2v) is 8.02. The van der Waals surface area contributed by atoms with Crippen LogP contribution in [0, 0.1) is 0 Å². The second kappa shape index (κ2) is 9.92. The molecule has 0 saturated carbocycles. The Morgan fingerprint density at radius 1 is 1.03 bits per heavy atom. The molecule has 156 valence electrons. The number of Topliss-reactive ketones (excluding diaryl/α,β-unsaturated/α-hetero) is 1. The minimum absolute atomic E-state index is 0.0851. The molecule has 2 N–H and O–H groups in total. The number of aromatic amines is 1. The van der Waals surface area contributed by atoms with Gasteiger partial charge in [0, 0.05) is 64.0 Å². The van der Waals surface area contributed by atoms with Crippen LogP contribution in [0.2, 0.25) is 10.0 Å². The lowest BCUT2D eigenvalue weighted by molar-refractivity contribution is 0.0982. The predicted octanol–water partition coefficient (Wildman–Crippen LogP) is 6.59. The quantitative estimate of drug-likeness (QED) is 0.181. The smallest absolute Gasteiger partial charge is 0.164 e. The van der Waals surface area contributed by atoms with Crippen LogP contribution in [0.3, 0.4) is 0 Å². The molecule has 0 atom stereocenters. The van der Waals surface area contributed by atoms with Crippen LogP contribution in [0.1, 0.15) is 27.9 Å². The minimum Gasteiger partial charge on any atom is -0.361 e. The van der Waals surface area contributed by atoms with Gasteiger partial charge in [-0.05, 0) is 48.0 Å². The number of para-hydroxylation sites is 1. The third-order valence-corrected chi connectivity index (χ3v) is 5.61. The van der Waals surface area contributed by atoms with E-state index in [-0.39, 0.29) is 5.78 Å². The van der Waals surface area contributed by atoms with Crippen molar-refractivity contribution >= 4 is 51.8 Å². The molecule has 0 bridgehead atoms. The molecule has 31 heavy (non-hydrogen) atoms. The summed E-state index contributed by atoms with van der Waals surface area (Å²) in [6.07, 6.45) is 4.18. The third kappa shape index (κ3) is 5.42. The number of carbonyl (C=O) groups is 1. The van der Waals surface area contributed by atoms with Gasteiger partial charge in [-0.2, -0.15) is 0 Å². The van der Waals surface area contributed by atoms with E-state index in [1.165, 1.54) is 0 Å². The molecule has 0 unspecified atom stereocenters. The molecule has 0 aliphatic heterocycles. The maximum atomic E-state index is 12.4. The minimum atomic E-state index is 0.0851. The Bertz CT molecular complexity index is 1230. The summed E-state index contributed by atoms with van der Waals surface area (Å²) in [5.41, 5.74) is 4.55. The van der Waals surface area contributed by atoms with Crippen molar-refractivity contribution < 1.29 is 4.79 Å². The average Bonchev–Trinajstić information content (AvgIpc) is 3.20. The lowest BCUT2D eigenvalue weighted by atomic mass is 10.1. The first-order chi connectivity index (χ1) is 15.1. The highest BCUT2D eigenvalue weighted by Gasteiger charge is 2.07. The van der Waals surface area contributed by atoms with Gasteiger partial charge in [0.15, 0.2) is 5.78 Å². The second-order valence-electron chi connectivity index (χ2n) is 7.18. The molecule has 0 radical (unpaired) electrons. The standard InChI is InChI=1S/C25H21Cl2N3O/c26-20-8-5-18(23(27)13-20)14-28-12-11-25(31)17-6-9-21(10-7-17)29-15-19-16-30-24-4-2-1-3-22(19)24/h1-10,13,15-16,28,30H,11-12,14H2. The van der Waals surface area contributed by atoms with Crippen LogP contribution in [-0.2, 0) is 6.54 Å². The predicted molar refractivity (Wildman–Crippen MR) is 129 cm³/mol. The van der Waals surface area contributed by atoms with Crippen LogP contribution < -0.4 is 5.32 Å². The average molecular weight is 450 g/mol.